The van der Waals surface area contributed by atoms with E-state index in [9.17, 15) is 4.39 Å². The fourth-order valence-corrected chi connectivity index (χ4v) is 0.824. The first kappa shape index (κ1) is 8.10. The van der Waals surface area contributed by atoms with Crippen molar-refractivity contribution in [3.05, 3.63) is 18.3 Å². The van der Waals surface area contributed by atoms with E-state index in [1.165, 1.54) is 6.21 Å². The fourth-order valence-electron chi connectivity index (χ4n) is 0.824. The molecule has 1 N–H and O–H groups in total. The van der Waals surface area contributed by atoms with Crippen molar-refractivity contribution in [3.8, 4) is 0 Å². The first-order valence-corrected chi connectivity index (χ1v) is 4.05. The molecule has 0 spiro atoms. The van der Waals surface area contributed by atoms with Crippen LogP contribution in [-0.2, 0) is 0 Å². The van der Waals surface area contributed by atoms with Gasteiger partial charge in [0.1, 0.15) is 5.67 Å². The van der Waals surface area contributed by atoms with E-state index < -0.39 is 5.67 Å². The summed E-state index contributed by atoms with van der Waals surface area (Å²) in [5.41, 5.74) is 1.43. The molecule has 4 nitrogen and oxygen atoms in total. The van der Waals surface area contributed by atoms with Gasteiger partial charge < -0.3 is 0 Å². The minimum atomic E-state index is -1.17. The Morgan fingerprint density at radius 1 is 1.62 bits per heavy atom. The standard InChI is InChI=1S/C8H9FN4/c9-8(3-4-8)6-11-13-7-2-1-5-10-12-7/h1-2,5-6H,3-4H2,(H,12,13)/b11-6+. The van der Waals surface area contributed by atoms with Gasteiger partial charge in [-0.1, -0.05) is 0 Å². The van der Waals surface area contributed by atoms with Crippen LogP contribution in [0.2, 0.25) is 0 Å². The second-order valence-electron chi connectivity index (χ2n) is 3.01. The van der Waals surface area contributed by atoms with Crippen molar-refractivity contribution in [2.45, 2.75) is 18.5 Å². The predicted octanol–water partition coefficient (Wildman–Crippen LogP) is 1.38. The Morgan fingerprint density at radius 3 is 3.08 bits per heavy atom. The average molecular weight is 180 g/mol. The van der Waals surface area contributed by atoms with Gasteiger partial charge in [0, 0.05) is 6.20 Å². The van der Waals surface area contributed by atoms with Crippen LogP contribution in [0, 0.1) is 0 Å². The number of nitrogens with zero attached hydrogens (tertiary/aromatic N) is 3. The molecule has 68 valence electrons. The summed E-state index contributed by atoms with van der Waals surface area (Å²) < 4.78 is 13.0. The van der Waals surface area contributed by atoms with E-state index >= 15 is 0 Å². The molecule has 1 aromatic heterocycles. The number of nitrogens with one attached hydrogen (secondary N) is 1. The summed E-state index contributed by atoms with van der Waals surface area (Å²) in [4.78, 5) is 0. The van der Waals surface area contributed by atoms with E-state index in [1.54, 1.807) is 18.3 Å². The molecule has 1 aliphatic rings. The number of halogens is 1. The molecule has 0 atom stereocenters. The Hall–Kier alpha value is -1.52. The molecule has 1 heterocycles. The van der Waals surface area contributed by atoms with E-state index in [0.29, 0.717) is 18.7 Å². The molecule has 0 aliphatic heterocycles. The molecular formula is C8H9FN4. The molecule has 1 aromatic rings. The van der Waals surface area contributed by atoms with Crippen LogP contribution in [0.15, 0.2) is 23.4 Å². The van der Waals surface area contributed by atoms with Crippen LogP contribution in [0.1, 0.15) is 12.8 Å². The molecule has 0 amide bonds. The molecule has 2 rings (SSSR count). The number of hydrogen-bond acceptors (Lipinski definition) is 4. The van der Waals surface area contributed by atoms with Crippen molar-refractivity contribution < 1.29 is 4.39 Å². The third-order valence-corrected chi connectivity index (χ3v) is 1.77. The van der Waals surface area contributed by atoms with Crippen molar-refractivity contribution in [1.29, 1.82) is 0 Å². The minimum Gasteiger partial charge on any atom is -0.260 e. The topological polar surface area (TPSA) is 50.2 Å². The average Bonchev–Trinajstić information content (AvgIpc) is 2.86. The Kier molecular flexibility index (Phi) is 1.92. The summed E-state index contributed by atoms with van der Waals surface area (Å²) in [6.07, 6.45) is 3.98. The van der Waals surface area contributed by atoms with Gasteiger partial charge in [-0.05, 0) is 25.0 Å². The maximum atomic E-state index is 13.0. The maximum absolute atomic E-state index is 13.0. The van der Waals surface area contributed by atoms with Crippen molar-refractivity contribution in [3.63, 3.8) is 0 Å². The number of hydrazone groups is 1. The lowest BCUT2D eigenvalue weighted by atomic mass is 10.4. The summed E-state index contributed by atoms with van der Waals surface area (Å²) in [5, 5.41) is 11.1. The quantitative estimate of drug-likeness (QED) is 0.564. The molecule has 5 heteroatoms. The van der Waals surface area contributed by atoms with E-state index in [1.807, 2.05) is 0 Å². The van der Waals surface area contributed by atoms with Gasteiger partial charge in [-0.2, -0.15) is 10.2 Å². The zero-order valence-corrected chi connectivity index (χ0v) is 6.94. The van der Waals surface area contributed by atoms with E-state index in [2.05, 4.69) is 20.7 Å². The molecule has 0 aromatic carbocycles. The van der Waals surface area contributed by atoms with Crippen molar-refractivity contribution in [2.24, 2.45) is 5.10 Å². The SMILES string of the molecule is FC1(/C=N/Nc2cccnn2)CC1. The van der Waals surface area contributed by atoms with Gasteiger partial charge in [-0.15, -0.1) is 5.10 Å². The number of anilines is 1. The van der Waals surface area contributed by atoms with Gasteiger partial charge in [0.05, 0.1) is 6.21 Å². The summed E-state index contributed by atoms with van der Waals surface area (Å²) in [5.74, 6) is 0.517. The van der Waals surface area contributed by atoms with Crippen LogP contribution in [0.25, 0.3) is 0 Å². The lowest BCUT2D eigenvalue weighted by Crippen LogP contribution is -2.03. The van der Waals surface area contributed by atoms with Gasteiger partial charge >= 0.3 is 0 Å². The zero-order valence-electron chi connectivity index (χ0n) is 6.94. The Labute approximate surface area is 74.9 Å². The molecule has 13 heavy (non-hydrogen) atoms. The number of rotatable bonds is 3. The lowest BCUT2D eigenvalue weighted by molar-refractivity contribution is 0.413. The number of aromatic nitrogens is 2. The largest absolute Gasteiger partial charge is 0.260 e. The Balaban J connectivity index is 1.89. The highest BCUT2D eigenvalue weighted by atomic mass is 19.1. The van der Waals surface area contributed by atoms with Crippen LogP contribution >= 0.6 is 0 Å². The molecular weight excluding hydrogens is 171 g/mol. The summed E-state index contributed by atoms with van der Waals surface area (Å²) >= 11 is 0. The van der Waals surface area contributed by atoms with Crippen molar-refractivity contribution in [2.75, 3.05) is 5.43 Å². The van der Waals surface area contributed by atoms with Crippen LogP contribution < -0.4 is 5.43 Å². The predicted molar refractivity (Wildman–Crippen MR) is 47.2 cm³/mol. The van der Waals surface area contributed by atoms with Crippen molar-refractivity contribution >= 4 is 12.0 Å². The normalized spacial score (nSPS) is 18.8. The molecule has 1 aliphatic carbocycles. The summed E-state index contributed by atoms with van der Waals surface area (Å²) in [6, 6.07) is 3.44. The van der Waals surface area contributed by atoms with Gasteiger partial charge in [-0.3, -0.25) is 5.43 Å². The molecule has 1 saturated carbocycles. The first-order valence-electron chi connectivity index (χ1n) is 4.05. The number of hydrogen-bond donors (Lipinski definition) is 1. The summed E-state index contributed by atoms with van der Waals surface area (Å²) in [7, 11) is 0. The third-order valence-electron chi connectivity index (χ3n) is 1.77. The highest BCUT2D eigenvalue weighted by Crippen LogP contribution is 2.37. The molecule has 0 radical (unpaired) electrons. The second kappa shape index (κ2) is 3.08. The molecule has 1 fully saturated rings. The third kappa shape index (κ3) is 2.21. The van der Waals surface area contributed by atoms with Crippen LogP contribution in [0.4, 0.5) is 10.2 Å². The molecule has 0 bridgehead atoms. The van der Waals surface area contributed by atoms with Gasteiger partial charge in [-0.25, -0.2) is 4.39 Å². The van der Waals surface area contributed by atoms with E-state index in [4.69, 9.17) is 0 Å². The van der Waals surface area contributed by atoms with Crippen molar-refractivity contribution in [1.82, 2.24) is 10.2 Å². The fraction of sp³-hybridized carbons (Fsp3) is 0.375. The second-order valence-corrected chi connectivity index (χ2v) is 3.01. The van der Waals surface area contributed by atoms with Crippen LogP contribution in [0.3, 0.4) is 0 Å². The van der Waals surface area contributed by atoms with Gasteiger partial charge in [0.2, 0.25) is 0 Å². The first-order chi connectivity index (χ1) is 6.29. The summed E-state index contributed by atoms with van der Waals surface area (Å²) in [6.45, 7) is 0. The van der Waals surface area contributed by atoms with Gasteiger partial charge in [0.25, 0.3) is 0 Å². The molecule has 0 unspecified atom stereocenters. The highest BCUT2D eigenvalue weighted by molar-refractivity contribution is 5.73. The maximum Gasteiger partial charge on any atom is 0.168 e. The van der Waals surface area contributed by atoms with E-state index in [0.717, 1.165) is 0 Å². The lowest BCUT2D eigenvalue weighted by Gasteiger charge is -1.97. The zero-order chi connectivity index (χ0) is 9.15. The molecule has 0 saturated heterocycles. The van der Waals surface area contributed by atoms with Gasteiger partial charge in [0.15, 0.2) is 5.82 Å². The highest BCUT2D eigenvalue weighted by Gasteiger charge is 2.41. The Bertz CT molecular complexity index is 307. The monoisotopic (exact) mass is 180 g/mol. The van der Waals surface area contributed by atoms with Crippen LogP contribution in [-0.4, -0.2) is 22.1 Å². The van der Waals surface area contributed by atoms with Crippen LogP contribution in [0.5, 0.6) is 0 Å². The smallest absolute Gasteiger partial charge is 0.168 e. The minimum absolute atomic E-state index is 0.517. The number of alkyl halides is 1. The van der Waals surface area contributed by atoms with E-state index in [-0.39, 0.29) is 0 Å². The Morgan fingerprint density at radius 2 is 2.46 bits per heavy atom.